The molecule has 3 saturated carbocycles. The fourth-order valence-electron chi connectivity index (χ4n) is 8.44. The molecule has 8 unspecified atom stereocenters. The minimum atomic E-state index is -0.174. The molecule has 0 radical (unpaired) electrons. The summed E-state index contributed by atoms with van der Waals surface area (Å²) >= 11 is 0. The number of nitrogens with zero attached hydrogens (tertiary/aromatic N) is 1. The zero-order valence-corrected chi connectivity index (χ0v) is 19.8. The maximum absolute atomic E-state index is 9.57. The average molecular weight is 428 g/mol. The van der Waals surface area contributed by atoms with Crippen molar-refractivity contribution >= 4 is 0 Å². The Hall–Kier alpha value is -0.670. The Kier molecular flexibility index (Phi) is 6.38. The maximum Gasteiger partial charge on any atom is 0.0686 e. The number of rotatable bonds is 3. The molecule has 0 amide bonds. The molecule has 5 fully saturated rings. The lowest BCUT2D eigenvalue weighted by molar-refractivity contribution is 0.0432. The summed E-state index contributed by atoms with van der Waals surface area (Å²) in [6.07, 6.45) is 14.4. The Bertz CT molecular complexity index is 663. The Morgan fingerprint density at radius 1 is 0.839 bits per heavy atom. The van der Waals surface area contributed by atoms with Crippen LogP contribution in [0.4, 0.5) is 0 Å². The van der Waals surface area contributed by atoms with Crippen molar-refractivity contribution in [2.24, 2.45) is 46.7 Å². The van der Waals surface area contributed by atoms with Crippen LogP contribution < -0.4 is 21.9 Å². The van der Waals surface area contributed by atoms with Gasteiger partial charge in [-0.25, -0.2) is 0 Å². The van der Waals surface area contributed by atoms with Crippen molar-refractivity contribution in [2.75, 3.05) is 6.54 Å². The highest BCUT2D eigenvalue weighted by atomic mass is 15.4. The summed E-state index contributed by atoms with van der Waals surface area (Å²) < 4.78 is 0. The van der Waals surface area contributed by atoms with Crippen LogP contribution in [0.2, 0.25) is 0 Å². The molecule has 5 aliphatic rings. The van der Waals surface area contributed by atoms with E-state index >= 15 is 0 Å². The normalized spacial score (nSPS) is 48.5. The molecule has 0 aromatic rings. The molecular weight excluding hydrogens is 382 g/mol. The standard InChI is InChI=1S/C26H45N5/c1-26(2,15-27)19-9-6-16(7-10-19)25-24-21-13-18(17-4-3-5-20(28)12-17)8-11-22(21)29-14-23(24)30-31-25/h16-25,29-31H,3-14,28H2,1-2H3. The van der Waals surface area contributed by atoms with E-state index in [-0.39, 0.29) is 5.41 Å². The minimum absolute atomic E-state index is 0.174. The van der Waals surface area contributed by atoms with Gasteiger partial charge in [0, 0.05) is 30.7 Å². The summed E-state index contributed by atoms with van der Waals surface area (Å²) in [4.78, 5) is 0. The van der Waals surface area contributed by atoms with Crippen LogP contribution in [0.1, 0.15) is 84.5 Å². The second-order valence-corrected chi connectivity index (χ2v) is 12.4. The molecule has 174 valence electrons. The third-order valence-electron chi connectivity index (χ3n) is 10.4. The Labute approximate surface area is 189 Å². The third kappa shape index (κ3) is 4.31. The average Bonchev–Trinajstić information content (AvgIpc) is 3.23. The van der Waals surface area contributed by atoms with Gasteiger partial charge < -0.3 is 11.1 Å². The third-order valence-corrected chi connectivity index (χ3v) is 10.4. The van der Waals surface area contributed by atoms with Crippen molar-refractivity contribution in [3.8, 4) is 6.07 Å². The molecule has 5 rings (SSSR count). The van der Waals surface area contributed by atoms with Crippen LogP contribution in [-0.4, -0.2) is 30.7 Å². The highest BCUT2D eigenvalue weighted by Crippen LogP contribution is 2.49. The van der Waals surface area contributed by atoms with Crippen LogP contribution in [0.3, 0.4) is 0 Å². The van der Waals surface area contributed by atoms with Crippen molar-refractivity contribution in [3.63, 3.8) is 0 Å². The van der Waals surface area contributed by atoms with Crippen molar-refractivity contribution < 1.29 is 0 Å². The van der Waals surface area contributed by atoms with Crippen molar-refractivity contribution in [1.82, 2.24) is 16.2 Å². The molecule has 5 nitrogen and oxygen atoms in total. The van der Waals surface area contributed by atoms with Gasteiger partial charge in [-0.3, -0.25) is 10.9 Å². The topological polar surface area (TPSA) is 85.9 Å². The number of hydrogen-bond donors (Lipinski definition) is 4. The number of nitrogens with one attached hydrogen (secondary N) is 3. The predicted octanol–water partition coefficient (Wildman–Crippen LogP) is 3.71. The number of hydrogen-bond acceptors (Lipinski definition) is 5. The van der Waals surface area contributed by atoms with E-state index in [2.05, 4.69) is 36.1 Å². The first-order valence-electron chi connectivity index (χ1n) is 13.4. The molecule has 0 bridgehead atoms. The highest BCUT2D eigenvalue weighted by Gasteiger charge is 2.52. The van der Waals surface area contributed by atoms with E-state index in [1.807, 2.05) is 0 Å². The van der Waals surface area contributed by atoms with Gasteiger partial charge in [0.15, 0.2) is 0 Å². The number of piperidine rings is 1. The summed E-state index contributed by atoms with van der Waals surface area (Å²) in [5.41, 5.74) is 13.7. The van der Waals surface area contributed by atoms with Gasteiger partial charge in [-0.1, -0.05) is 12.8 Å². The van der Waals surface area contributed by atoms with Crippen molar-refractivity contribution in [1.29, 1.82) is 5.26 Å². The molecule has 31 heavy (non-hydrogen) atoms. The molecule has 5 N–H and O–H groups in total. The number of hydrazine groups is 1. The first kappa shape index (κ1) is 22.1. The lowest BCUT2D eigenvalue weighted by atomic mass is 9.60. The van der Waals surface area contributed by atoms with Crippen molar-refractivity contribution in [3.05, 3.63) is 0 Å². The molecule has 0 spiro atoms. The van der Waals surface area contributed by atoms with Crippen LogP contribution in [0.25, 0.3) is 0 Å². The van der Waals surface area contributed by atoms with Crippen molar-refractivity contribution in [2.45, 2.75) is 109 Å². The summed E-state index contributed by atoms with van der Waals surface area (Å²) in [5.74, 6) is 4.65. The van der Waals surface area contributed by atoms with Gasteiger partial charge in [0.2, 0.25) is 0 Å². The highest BCUT2D eigenvalue weighted by molar-refractivity contribution is 5.08. The molecular formula is C26H45N5. The zero-order chi connectivity index (χ0) is 21.6. The molecule has 3 aliphatic carbocycles. The summed E-state index contributed by atoms with van der Waals surface area (Å²) in [5, 5.41) is 13.5. The molecule has 2 aliphatic heterocycles. The summed E-state index contributed by atoms with van der Waals surface area (Å²) in [6, 6.07) is 4.92. The van der Waals surface area contributed by atoms with E-state index in [4.69, 9.17) is 5.73 Å². The van der Waals surface area contributed by atoms with E-state index in [1.165, 1.54) is 70.6 Å². The van der Waals surface area contributed by atoms with Crippen LogP contribution in [-0.2, 0) is 0 Å². The second-order valence-electron chi connectivity index (χ2n) is 12.4. The van der Waals surface area contributed by atoms with Gasteiger partial charge in [-0.2, -0.15) is 5.26 Å². The number of nitriles is 1. The maximum atomic E-state index is 9.57. The van der Waals surface area contributed by atoms with Gasteiger partial charge in [0.25, 0.3) is 0 Å². The Morgan fingerprint density at radius 2 is 1.58 bits per heavy atom. The summed E-state index contributed by atoms with van der Waals surface area (Å²) in [6.45, 7) is 5.39. The molecule has 0 aromatic heterocycles. The SMILES string of the molecule is CC(C)(C#N)C1CCC(C2NNC3CNC4CCC(C5CCCC(N)C5)CC4C32)CC1. The van der Waals surface area contributed by atoms with Gasteiger partial charge in [-0.15, -0.1) is 0 Å². The molecule has 5 heteroatoms. The van der Waals surface area contributed by atoms with Gasteiger partial charge >= 0.3 is 0 Å². The molecule has 2 saturated heterocycles. The minimum Gasteiger partial charge on any atom is -0.328 e. The van der Waals surface area contributed by atoms with Crippen LogP contribution in [0.5, 0.6) is 0 Å². The van der Waals surface area contributed by atoms with E-state index < -0.39 is 0 Å². The molecule has 8 atom stereocenters. The van der Waals surface area contributed by atoms with Crippen LogP contribution in [0.15, 0.2) is 0 Å². The van der Waals surface area contributed by atoms with Crippen LogP contribution in [0, 0.1) is 52.3 Å². The fourth-order valence-corrected chi connectivity index (χ4v) is 8.44. The Balaban J connectivity index is 1.26. The first-order chi connectivity index (χ1) is 15.0. The fraction of sp³-hybridized carbons (Fsp3) is 0.962. The molecule has 0 aromatic carbocycles. The summed E-state index contributed by atoms with van der Waals surface area (Å²) in [7, 11) is 0. The van der Waals surface area contributed by atoms with Crippen LogP contribution >= 0.6 is 0 Å². The van der Waals surface area contributed by atoms with E-state index in [0.717, 1.165) is 36.1 Å². The van der Waals surface area contributed by atoms with Gasteiger partial charge in [0.05, 0.1) is 11.5 Å². The largest absolute Gasteiger partial charge is 0.328 e. The smallest absolute Gasteiger partial charge is 0.0686 e. The van der Waals surface area contributed by atoms with E-state index in [9.17, 15) is 5.26 Å². The quantitative estimate of drug-likeness (QED) is 0.552. The predicted molar refractivity (Wildman–Crippen MR) is 125 cm³/mol. The second kappa shape index (κ2) is 8.93. The first-order valence-corrected chi connectivity index (χ1v) is 13.4. The van der Waals surface area contributed by atoms with Gasteiger partial charge in [-0.05, 0) is 107 Å². The lowest BCUT2D eigenvalue weighted by Crippen LogP contribution is -2.58. The lowest BCUT2D eigenvalue weighted by Gasteiger charge is -2.50. The van der Waals surface area contributed by atoms with E-state index in [1.54, 1.807) is 0 Å². The van der Waals surface area contributed by atoms with E-state index in [0.29, 0.717) is 30.1 Å². The Morgan fingerprint density at radius 3 is 2.32 bits per heavy atom. The monoisotopic (exact) mass is 427 g/mol. The number of nitrogens with two attached hydrogens (primary N) is 1. The zero-order valence-electron chi connectivity index (χ0n) is 19.8. The molecule has 2 heterocycles. The van der Waals surface area contributed by atoms with Gasteiger partial charge in [0.1, 0.15) is 0 Å². The number of fused-ring (bicyclic) bond motifs is 3.